The zero-order chi connectivity index (χ0) is 23.8. The van der Waals surface area contributed by atoms with Crippen molar-refractivity contribution in [2.45, 2.75) is 51.0 Å². The summed E-state index contributed by atoms with van der Waals surface area (Å²) in [6, 6.07) is 17.5. The van der Waals surface area contributed by atoms with E-state index in [4.69, 9.17) is 9.47 Å². The number of hydrogen-bond donors (Lipinski definition) is 2. The minimum absolute atomic E-state index is 0.0626. The predicted molar refractivity (Wildman–Crippen MR) is 129 cm³/mol. The van der Waals surface area contributed by atoms with Gasteiger partial charge in [-0.05, 0) is 74.1 Å². The van der Waals surface area contributed by atoms with Crippen LogP contribution in [-0.2, 0) is 11.2 Å². The van der Waals surface area contributed by atoms with Crippen LogP contribution < -0.4 is 14.8 Å². The molecular formula is C27H28N2O5. The number of amides is 1. The number of carbonyl (C=O) groups excluding carboxylic acids is 1. The van der Waals surface area contributed by atoms with Crippen LogP contribution in [0.5, 0.6) is 17.4 Å². The number of carboxylic acids is 1. The lowest BCUT2D eigenvalue weighted by Gasteiger charge is -2.23. The topological polar surface area (TPSA) is 97.8 Å². The van der Waals surface area contributed by atoms with Crippen molar-refractivity contribution in [1.82, 2.24) is 4.98 Å². The Labute approximate surface area is 198 Å². The molecule has 0 radical (unpaired) electrons. The van der Waals surface area contributed by atoms with Crippen LogP contribution in [0.4, 0.5) is 5.69 Å². The largest absolute Gasteiger partial charge is 0.490 e. The summed E-state index contributed by atoms with van der Waals surface area (Å²) in [7, 11) is 0. The highest BCUT2D eigenvalue weighted by Crippen LogP contribution is 2.26. The minimum Gasteiger partial charge on any atom is -0.490 e. The molecular weight excluding hydrogens is 432 g/mol. The van der Waals surface area contributed by atoms with Gasteiger partial charge in [0.15, 0.2) is 0 Å². The van der Waals surface area contributed by atoms with E-state index in [-0.39, 0.29) is 23.6 Å². The summed E-state index contributed by atoms with van der Waals surface area (Å²) in [5, 5.41) is 11.9. The fourth-order valence-electron chi connectivity index (χ4n) is 3.95. The van der Waals surface area contributed by atoms with Gasteiger partial charge in [0.25, 0.3) is 0 Å². The van der Waals surface area contributed by atoms with Crippen molar-refractivity contribution >= 4 is 17.6 Å². The maximum absolute atomic E-state index is 12.3. The van der Waals surface area contributed by atoms with Gasteiger partial charge in [-0.2, -0.15) is 0 Å². The average Bonchev–Trinajstić information content (AvgIpc) is 2.86. The van der Waals surface area contributed by atoms with Crippen LogP contribution >= 0.6 is 0 Å². The summed E-state index contributed by atoms with van der Waals surface area (Å²) in [6.45, 7) is 0. The number of hydrogen-bond acceptors (Lipinski definition) is 5. The van der Waals surface area contributed by atoms with Crippen molar-refractivity contribution in [2.75, 3.05) is 5.32 Å². The first-order valence-corrected chi connectivity index (χ1v) is 11.6. The Balaban J connectivity index is 1.25. The number of ether oxygens (including phenoxy) is 2. The normalized spacial score (nSPS) is 13.8. The average molecular weight is 461 g/mol. The van der Waals surface area contributed by atoms with Gasteiger partial charge in [0.1, 0.15) is 11.5 Å². The molecule has 1 aliphatic rings. The maximum Gasteiger partial charge on any atom is 0.337 e. The summed E-state index contributed by atoms with van der Waals surface area (Å²) in [5.41, 5.74) is 1.23. The molecule has 176 valence electrons. The van der Waals surface area contributed by atoms with E-state index < -0.39 is 5.97 Å². The third-order valence-electron chi connectivity index (χ3n) is 5.77. The summed E-state index contributed by atoms with van der Waals surface area (Å²) < 4.78 is 11.9. The van der Waals surface area contributed by atoms with Crippen molar-refractivity contribution in [1.29, 1.82) is 0 Å². The fourth-order valence-corrected chi connectivity index (χ4v) is 3.95. The number of pyridine rings is 1. The number of nitrogens with zero attached hydrogens (tertiary/aromatic N) is 1. The Morgan fingerprint density at radius 3 is 2.38 bits per heavy atom. The summed E-state index contributed by atoms with van der Waals surface area (Å²) >= 11 is 0. The third kappa shape index (κ3) is 6.57. The summed E-state index contributed by atoms with van der Waals surface area (Å²) in [5.74, 6) is 0.649. The third-order valence-corrected chi connectivity index (χ3v) is 5.77. The lowest BCUT2D eigenvalue weighted by atomic mass is 9.98. The SMILES string of the molecule is O=C(CCc1ccc(Oc2ccc(OC3CCCCC3)cc2)nc1)Nc1ccccc1C(=O)O. The van der Waals surface area contributed by atoms with E-state index in [1.54, 1.807) is 30.5 Å². The van der Waals surface area contributed by atoms with E-state index in [1.807, 2.05) is 30.3 Å². The second-order valence-corrected chi connectivity index (χ2v) is 8.35. The number of carbonyl (C=O) groups is 2. The fraction of sp³-hybridized carbons (Fsp3) is 0.296. The van der Waals surface area contributed by atoms with Crippen LogP contribution in [0.2, 0.25) is 0 Å². The molecule has 2 N–H and O–H groups in total. The van der Waals surface area contributed by atoms with Crippen LogP contribution in [0.25, 0.3) is 0 Å². The molecule has 1 saturated carbocycles. The molecule has 7 nitrogen and oxygen atoms in total. The van der Waals surface area contributed by atoms with E-state index in [1.165, 1.54) is 25.3 Å². The molecule has 0 spiro atoms. The van der Waals surface area contributed by atoms with Gasteiger partial charge in [0, 0.05) is 18.7 Å². The lowest BCUT2D eigenvalue weighted by molar-refractivity contribution is -0.116. The molecule has 0 bridgehead atoms. The van der Waals surface area contributed by atoms with E-state index in [2.05, 4.69) is 10.3 Å². The quantitative estimate of drug-likeness (QED) is 0.415. The number of anilines is 1. The van der Waals surface area contributed by atoms with Crippen LogP contribution in [0.1, 0.15) is 54.4 Å². The molecule has 1 aromatic heterocycles. The number of aryl methyl sites for hydroxylation is 1. The smallest absolute Gasteiger partial charge is 0.337 e. The number of benzene rings is 2. The van der Waals surface area contributed by atoms with Crippen LogP contribution in [-0.4, -0.2) is 28.1 Å². The molecule has 3 aromatic rings. The summed E-state index contributed by atoms with van der Waals surface area (Å²) in [6.07, 6.45) is 8.66. The molecule has 1 aliphatic carbocycles. The maximum atomic E-state index is 12.3. The zero-order valence-corrected chi connectivity index (χ0v) is 18.9. The van der Waals surface area contributed by atoms with Gasteiger partial charge in [-0.3, -0.25) is 4.79 Å². The van der Waals surface area contributed by atoms with Crippen molar-refractivity contribution in [2.24, 2.45) is 0 Å². The molecule has 0 saturated heterocycles. The van der Waals surface area contributed by atoms with E-state index in [9.17, 15) is 14.7 Å². The molecule has 0 aliphatic heterocycles. The van der Waals surface area contributed by atoms with Gasteiger partial charge in [-0.1, -0.05) is 24.6 Å². The molecule has 0 unspecified atom stereocenters. The Morgan fingerprint density at radius 2 is 1.68 bits per heavy atom. The molecule has 1 fully saturated rings. The molecule has 4 rings (SSSR count). The first-order valence-electron chi connectivity index (χ1n) is 11.6. The number of para-hydroxylation sites is 1. The second kappa shape index (κ2) is 11.3. The van der Waals surface area contributed by atoms with Crippen LogP contribution in [0.3, 0.4) is 0 Å². The minimum atomic E-state index is -1.08. The van der Waals surface area contributed by atoms with E-state index in [0.29, 0.717) is 24.2 Å². The van der Waals surface area contributed by atoms with Crippen LogP contribution in [0.15, 0.2) is 66.9 Å². The molecule has 2 aromatic carbocycles. The van der Waals surface area contributed by atoms with Gasteiger partial charge in [-0.25, -0.2) is 9.78 Å². The van der Waals surface area contributed by atoms with Gasteiger partial charge in [0.05, 0.1) is 17.4 Å². The van der Waals surface area contributed by atoms with Gasteiger partial charge < -0.3 is 19.9 Å². The predicted octanol–water partition coefficient (Wildman–Crippen LogP) is 5.85. The lowest BCUT2D eigenvalue weighted by Crippen LogP contribution is -2.19. The standard InChI is InChI=1S/C27H28N2O5/c30-25(29-24-9-5-4-8-23(24)27(31)32)16-10-19-11-17-26(28-18-19)34-22-14-12-21(13-15-22)33-20-6-2-1-3-7-20/h4-5,8-9,11-15,17-18,20H,1-3,6-7,10,16H2,(H,29,30)(H,31,32). The Morgan fingerprint density at radius 1 is 0.941 bits per heavy atom. The van der Waals surface area contributed by atoms with Crippen molar-refractivity contribution in [3.63, 3.8) is 0 Å². The monoisotopic (exact) mass is 460 g/mol. The van der Waals surface area contributed by atoms with Gasteiger partial charge in [0.2, 0.25) is 11.8 Å². The Bertz CT molecular complexity index is 1110. The Hall–Kier alpha value is -3.87. The first kappa shape index (κ1) is 23.3. The van der Waals surface area contributed by atoms with E-state index >= 15 is 0 Å². The Kier molecular flexibility index (Phi) is 7.75. The molecule has 34 heavy (non-hydrogen) atoms. The molecule has 7 heteroatoms. The number of nitrogens with one attached hydrogen (secondary N) is 1. The number of aromatic carboxylic acids is 1. The summed E-state index contributed by atoms with van der Waals surface area (Å²) in [4.78, 5) is 27.9. The van der Waals surface area contributed by atoms with Crippen molar-refractivity contribution < 1.29 is 24.2 Å². The highest BCUT2D eigenvalue weighted by atomic mass is 16.5. The highest BCUT2D eigenvalue weighted by molar-refractivity contribution is 6.00. The van der Waals surface area contributed by atoms with Crippen molar-refractivity contribution in [3.05, 3.63) is 78.0 Å². The van der Waals surface area contributed by atoms with Crippen LogP contribution in [0, 0.1) is 0 Å². The number of carboxylic acid groups (broad SMARTS) is 1. The molecule has 0 atom stereocenters. The highest BCUT2D eigenvalue weighted by Gasteiger charge is 2.15. The van der Waals surface area contributed by atoms with E-state index in [0.717, 1.165) is 24.2 Å². The number of aromatic nitrogens is 1. The molecule has 1 heterocycles. The second-order valence-electron chi connectivity index (χ2n) is 8.35. The van der Waals surface area contributed by atoms with Gasteiger partial charge >= 0.3 is 5.97 Å². The van der Waals surface area contributed by atoms with Crippen molar-refractivity contribution in [3.8, 4) is 17.4 Å². The molecule has 1 amide bonds. The zero-order valence-electron chi connectivity index (χ0n) is 18.9. The first-order chi connectivity index (χ1) is 16.6. The van der Waals surface area contributed by atoms with Gasteiger partial charge in [-0.15, -0.1) is 0 Å². The number of rotatable bonds is 9.